The van der Waals surface area contributed by atoms with E-state index in [9.17, 15) is 10.2 Å². The standard InChI is InChI=1S/C30H31ClN2O3/c31-28-16-29-26(15-25(28)22-7-3-5-20(13-22)18-34)30(36-12-10-24-9-1-2-11-32-24)27(17-33-29)23-8-4-6-21(14-23)19-35/h3-8,13-17,24,32,34-35H,1-2,9-12,18-19H2/t24-/m1/s1. The Kier molecular flexibility index (Phi) is 7.83. The first-order chi connectivity index (χ1) is 17.7. The van der Waals surface area contributed by atoms with Crippen LogP contribution in [0.15, 0.2) is 66.9 Å². The molecule has 6 heteroatoms. The van der Waals surface area contributed by atoms with Crippen molar-refractivity contribution in [3.8, 4) is 28.0 Å². The maximum Gasteiger partial charge on any atom is 0.138 e. The van der Waals surface area contributed by atoms with Gasteiger partial charge in [-0.15, -0.1) is 0 Å². The molecule has 0 radical (unpaired) electrons. The zero-order chi connectivity index (χ0) is 24.9. The van der Waals surface area contributed by atoms with Crippen molar-refractivity contribution in [1.82, 2.24) is 10.3 Å². The number of rotatable bonds is 8. The number of aliphatic hydroxyl groups excluding tert-OH is 2. The molecule has 0 spiro atoms. The van der Waals surface area contributed by atoms with Crippen molar-refractivity contribution in [2.75, 3.05) is 13.2 Å². The number of benzene rings is 3. The number of aromatic nitrogens is 1. The van der Waals surface area contributed by atoms with E-state index < -0.39 is 0 Å². The van der Waals surface area contributed by atoms with Crippen LogP contribution in [0.25, 0.3) is 33.2 Å². The summed E-state index contributed by atoms with van der Waals surface area (Å²) in [7, 11) is 0. The summed E-state index contributed by atoms with van der Waals surface area (Å²) in [5, 5.41) is 24.4. The molecule has 2 heterocycles. The average Bonchev–Trinajstić information content (AvgIpc) is 2.93. The molecule has 0 saturated carbocycles. The third kappa shape index (κ3) is 5.40. The lowest BCUT2D eigenvalue weighted by molar-refractivity contribution is 0.271. The molecule has 1 aliphatic heterocycles. The number of nitrogens with zero attached hydrogens (tertiary/aromatic N) is 1. The Hall–Kier alpha value is -2.96. The minimum absolute atomic E-state index is 0.0284. The van der Waals surface area contributed by atoms with Gasteiger partial charge in [0.15, 0.2) is 0 Å². The van der Waals surface area contributed by atoms with Gasteiger partial charge < -0.3 is 20.3 Å². The van der Waals surface area contributed by atoms with Crippen LogP contribution in [-0.2, 0) is 13.2 Å². The third-order valence-electron chi connectivity index (χ3n) is 6.87. The Labute approximate surface area is 216 Å². The van der Waals surface area contributed by atoms with E-state index >= 15 is 0 Å². The van der Waals surface area contributed by atoms with E-state index in [4.69, 9.17) is 21.3 Å². The van der Waals surface area contributed by atoms with Crippen LogP contribution < -0.4 is 10.1 Å². The zero-order valence-corrected chi connectivity index (χ0v) is 21.0. The normalized spacial score (nSPS) is 15.8. The molecule has 186 valence electrons. The van der Waals surface area contributed by atoms with Gasteiger partial charge in [0, 0.05) is 28.8 Å². The van der Waals surface area contributed by atoms with Crippen molar-refractivity contribution < 1.29 is 14.9 Å². The highest BCUT2D eigenvalue weighted by Crippen LogP contribution is 2.40. The van der Waals surface area contributed by atoms with Crippen LogP contribution in [0.3, 0.4) is 0 Å². The number of aliphatic hydroxyl groups is 2. The van der Waals surface area contributed by atoms with Crippen LogP contribution in [-0.4, -0.2) is 34.4 Å². The van der Waals surface area contributed by atoms with Gasteiger partial charge in [-0.1, -0.05) is 54.4 Å². The van der Waals surface area contributed by atoms with Crippen molar-refractivity contribution >= 4 is 22.5 Å². The van der Waals surface area contributed by atoms with E-state index in [-0.39, 0.29) is 13.2 Å². The molecular weight excluding hydrogens is 472 g/mol. The molecule has 1 saturated heterocycles. The fourth-order valence-corrected chi connectivity index (χ4v) is 5.19. The van der Waals surface area contributed by atoms with Crippen LogP contribution >= 0.6 is 11.6 Å². The summed E-state index contributed by atoms with van der Waals surface area (Å²) in [5.41, 5.74) is 6.04. The summed E-state index contributed by atoms with van der Waals surface area (Å²) in [4.78, 5) is 4.72. The van der Waals surface area contributed by atoms with E-state index in [1.165, 1.54) is 19.3 Å². The predicted molar refractivity (Wildman–Crippen MR) is 145 cm³/mol. The Morgan fingerprint density at radius 1 is 0.917 bits per heavy atom. The number of halogens is 1. The second-order valence-electron chi connectivity index (χ2n) is 9.35. The summed E-state index contributed by atoms with van der Waals surface area (Å²) in [6.07, 6.45) is 6.42. The first-order valence-corrected chi connectivity index (χ1v) is 12.9. The Morgan fingerprint density at radius 2 is 1.64 bits per heavy atom. The van der Waals surface area contributed by atoms with Gasteiger partial charge in [-0.2, -0.15) is 0 Å². The van der Waals surface area contributed by atoms with Gasteiger partial charge in [0.2, 0.25) is 0 Å². The molecule has 0 amide bonds. The first kappa shape index (κ1) is 24.7. The van der Waals surface area contributed by atoms with Crippen molar-refractivity contribution in [2.24, 2.45) is 0 Å². The highest BCUT2D eigenvalue weighted by Gasteiger charge is 2.18. The molecule has 0 aliphatic carbocycles. The molecule has 1 fully saturated rings. The SMILES string of the molecule is OCc1cccc(-c2cc3c(OCC[C@H]4CCCCN4)c(-c4cccc(CO)c4)cnc3cc2Cl)c1. The molecule has 1 aliphatic rings. The van der Waals surface area contributed by atoms with Crippen molar-refractivity contribution in [2.45, 2.75) is 44.9 Å². The Morgan fingerprint density at radius 3 is 2.31 bits per heavy atom. The second-order valence-corrected chi connectivity index (χ2v) is 9.76. The third-order valence-corrected chi connectivity index (χ3v) is 7.19. The average molecular weight is 503 g/mol. The monoisotopic (exact) mass is 502 g/mol. The Bertz CT molecular complexity index is 1350. The van der Waals surface area contributed by atoms with Crippen molar-refractivity contribution in [3.05, 3.63) is 83.0 Å². The molecular formula is C30H31ClN2O3. The number of hydrogen-bond acceptors (Lipinski definition) is 5. The molecule has 5 nitrogen and oxygen atoms in total. The molecule has 1 aromatic heterocycles. The molecule has 5 rings (SSSR count). The lowest BCUT2D eigenvalue weighted by atomic mass is 9.98. The second kappa shape index (κ2) is 11.4. The van der Waals surface area contributed by atoms with Gasteiger partial charge >= 0.3 is 0 Å². The highest BCUT2D eigenvalue weighted by molar-refractivity contribution is 6.34. The number of fused-ring (bicyclic) bond motifs is 1. The molecule has 1 atom stereocenters. The zero-order valence-electron chi connectivity index (χ0n) is 20.2. The van der Waals surface area contributed by atoms with Gasteiger partial charge in [0.25, 0.3) is 0 Å². The summed E-state index contributed by atoms with van der Waals surface area (Å²) in [6.45, 7) is 1.59. The lowest BCUT2D eigenvalue weighted by Crippen LogP contribution is -2.35. The number of nitrogens with one attached hydrogen (secondary N) is 1. The van der Waals surface area contributed by atoms with Crippen LogP contribution in [0.1, 0.15) is 36.8 Å². The molecule has 36 heavy (non-hydrogen) atoms. The minimum atomic E-state index is -0.0322. The summed E-state index contributed by atoms with van der Waals surface area (Å²) >= 11 is 6.71. The van der Waals surface area contributed by atoms with E-state index in [0.717, 1.165) is 63.0 Å². The van der Waals surface area contributed by atoms with Crippen LogP contribution in [0, 0.1) is 0 Å². The predicted octanol–water partition coefficient (Wildman–Crippen LogP) is 6.12. The fraction of sp³-hybridized carbons (Fsp3) is 0.300. The summed E-state index contributed by atoms with van der Waals surface area (Å²) in [6, 6.07) is 20.0. The topological polar surface area (TPSA) is 74.6 Å². The van der Waals surface area contributed by atoms with Gasteiger partial charge in [-0.3, -0.25) is 4.98 Å². The summed E-state index contributed by atoms with van der Waals surface area (Å²) in [5.74, 6) is 0.766. The largest absolute Gasteiger partial charge is 0.492 e. The number of piperidine rings is 1. The van der Waals surface area contributed by atoms with E-state index in [0.29, 0.717) is 17.7 Å². The summed E-state index contributed by atoms with van der Waals surface area (Å²) < 4.78 is 6.53. The molecule has 0 unspecified atom stereocenters. The van der Waals surface area contributed by atoms with Crippen LogP contribution in [0.4, 0.5) is 0 Å². The molecule has 4 aromatic rings. The highest BCUT2D eigenvalue weighted by atomic mass is 35.5. The Balaban J connectivity index is 1.60. The van der Waals surface area contributed by atoms with Gasteiger partial charge in [-0.05, 0) is 72.3 Å². The molecule has 3 N–H and O–H groups in total. The maximum atomic E-state index is 9.69. The van der Waals surface area contributed by atoms with Crippen molar-refractivity contribution in [1.29, 1.82) is 0 Å². The lowest BCUT2D eigenvalue weighted by Gasteiger charge is -2.24. The van der Waals surface area contributed by atoms with Crippen LogP contribution in [0.5, 0.6) is 5.75 Å². The molecule has 3 aromatic carbocycles. The van der Waals surface area contributed by atoms with E-state index in [1.54, 1.807) is 0 Å². The number of pyridine rings is 1. The first-order valence-electron chi connectivity index (χ1n) is 12.5. The number of hydrogen-bond donors (Lipinski definition) is 3. The maximum absolute atomic E-state index is 9.69. The fourth-order valence-electron chi connectivity index (χ4n) is 4.92. The number of ether oxygens (including phenoxy) is 1. The van der Waals surface area contributed by atoms with Gasteiger partial charge in [0.05, 0.1) is 30.4 Å². The quantitative estimate of drug-likeness (QED) is 0.271. The smallest absolute Gasteiger partial charge is 0.138 e. The van der Waals surface area contributed by atoms with Gasteiger partial charge in [0.1, 0.15) is 5.75 Å². The van der Waals surface area contributed by atoms with Gasteiger partial charge in [-0.25, -0.2) is 0 Å². The molecule has 0 bridgehead atoms. The van der Waals surface area contributed by atoms with Crippen molar-refractivity contribution in [3.63, 3.8) is 0 Å². The van der Waals surface area contributed by atoms with Crippen LogP contribution in [0.2, 0.25) is 5.02 Å². The minimum Gasteiger partial charge on any atom is -0.492 e. The van der Waals surface area contributed by atoms with E-state index in [1.807, 2.05) is 66.9 Å². The van der Waals surface area contributed by atoms with E-state index in [2.05, 4.69) is 5.32 Å².